The van der Waals surface area contributed by atoms with E-state index < -0.39 is 0 Å². The van der Waals surface area contributed by atoms with E-state index in [1.165, 1.54) is 0 Å². The highest BCUT2D eigenvalue weighted by Crippen LogP contribution is 2.16. The van der Waals surface area contributed by atoms with Gasteiger partial charge in [0.05, 0.1) is 24.2 Å². The Bertz CT molecular complexity index is 376. The standard InChI is InChI=1S/C13H18O3S/c1-3-15-9-11(2)16-10-13-7-6-12(17-13)5-4-8-14/h6-7,11,14H,3,8-10H2,1-2H3. The van der Waals surface area contributed by atoms with Crippen LogP contribution >= 0.6 is 11.3 Å². The zero-order valence-electron chi connectivity index (χ0n) is 10.2. The van der Waals surface area contributed by atoms with Gasteiger partial charge in [-0.15, -0.1) is 11.3 Å². The van der Waals surface area contributed by atoms with Gasteiger partial charge in [-0.1, -0.05) is 11.8 Å². The lowest BCUT2D eigenvalue weighted by molar-refractivity contribution is -0.0107. The molecule has 17 heavy (non-hydrogen) atoms. The Balaban J connectivity index is 2.34. The summed E-state index contributed by atoms with van der Waals surface area (Å²) in [6.07, 6.45) is 0.101. The second-order valence-corrected chi connectivity index (χ2v) is 4.68. The molecule has 0 aliphatic heterocycles. The summed E-state index contributed by atoms with van der Waals surface area (Å²) in [6, 6.07) is 3.94. The molecule has 1 atom stereocenters. The van der Waals surface area contributed by atoms with Crippen LogP contribution < -0.4 is 0 Å². The molecule has 0 saturated carbocycles. The fourth-order valence-electron chi connectivity index (χ4n) is 1.21. The summed E-state index contributed by atoms with van der Waals surface area (Å²) in [7, 11) is 0. The Morgan fingerprint density at radius 1 is 1.47 bits per heavy atom. The molecule has 1 N–H and O–H groups in total. The molecule has 1 aromatic heterocycles. The molecular formula is C13H18O3S. The maximum atomic E-state index is 8.59. The third-order valence-electron chi connectivity index (χ3n) is 2.02. The number of ether oxygens (including phenoxy) is 2. The summed E-state index contributed by atoms with van der Waals surface area (Å²) in [5.41, 5.74) is 0. The Morgan fingerprint density at radius 3 is 3.00 bits per heavy atom. The molecule has 0 radical (unpaired) electrons. The monoisotopic (exact) mass is 254 g/mol. The first kappa shape index (κ1) is 14.2. The largest absolute Gasteiger partial charge is 0.384 e. The van der Waals surface area contributed by atoms with Crippen molar-refractivity contribution in [3.05, 3.63) is 21.9 Å². The van der Waals surface area contributed by atoms with Gasteiger partial charge in [-0.05, 0) is 26.0 Å². The van der Waals surface area contributed by atoms with Gasteiger partial charge in [-0.3, -0.25) is 0 Å². The Kier molecular flexibility index (Phi) is 6.90. The van der Waals surface area contributed by atoms with E-state index in [-0.39, 0.29) is 12.7 Å². The van der Waals surface area contributed by atoms with Crippen LogP contribution in [0.25, 0.3) is 0 Å². The van der Waals surface area contributed by atoms with Crippen molar-refractivity contribution in [2.45, 2.75) is 26.6 Å². The highest BCUT2D eigenvalue weighted by molar-refractivity contribution is 7.12. The lowest BCUT2D eigenvalue weighted by Gasteiger charge is -2.11. The van der Waals surface area contributed by atoms with Crippen molar-refractivity contribution in [2.24, 2.45) is 0 Å². The quantitative estimate of drug-likeness (QED) is 0.790. The predicted octanol–water partition coefficient (Wildman–Crippen LogP) is 2.03. The normalized spacial score (nSPS) is 11.9. The van der Waals surface area contributed by atoms with E-state index in [9.17, 15) is 0 Å². The summed E-state index contributed by atoms with van der Waals surface area (Å²) < 4.78 is 10.9. The number of hydrogen-bond acceptors (Lipinski definition) is 4. The molecule has 4 heteroatoms. The van der Waals surface area contributed by atoms with E-state index >= 15 is 0 Å². The molecule has 0 amide bonds. The third-order valence-corrected chi connectivity index (χ3v) is 2.99. The molecule has 0 aromatic carbocycles. The Morgan fingerprint density at radius 2 is 2.29 bits per heavy atom. The number of rotatable bonds is 6. The molecule has 1 unspecified atom stereocenters. The van der Waals surface area contributed by atoms with E-state index in [2.05, 4.69) is 11.8 Å². The highest BCUT2D eigenvalue weighted by atomic mass is 32.1. The van der Waals surface area contributed by atoms with Crippen LogP contribution in [0.1, 0.15) is 23.6 Å². The SMILES string of the molecule is CCOCC(C)OCc1ccc(C#CCO)s1. The lowest BCUT2D eigenvalue weighted by atomic mass is 10.4. The lowest BCUT2D eigenvalue weighted by Crippen LogP contribution is -2.15. The van der Waals surface area contributed by atoms with Gasteiger partial charge in [0.1, 0.15) is 6.61 Å². The van der Waals surface area contributed by atoms with Gasteiger partial charge < -0.3 is 14.6 Å². The summed E-state index contributed by atoms with van der Waals surface area (Å²) >= 11 is 1.59. The van der Waals surface area contributed by atoms with E-state index in [4.69, 9.17) is 14.6 Å². The second-order valence-electron chi connectivity index (χ2n) is 3.51. The number of aliphatic hydroxyl groups is 1. The first-order chi connectivity index (χ1) is 8.26. The summed E-state index contributed by atoms with van der Waals surface area (Å²) in [6.45, 7) is 5.79. The predicted molar refractivity (Wildman–Crippen MR) is 69.0 cm³/mol. The minimum Gasteiger partial charge on any atom is -0.384 e. The molecule has 1 heterocycles. The maximum Gasteiger partial charge on any atom is 0.104 e. The molecule has 0 aliphatic carbocycles. The molecule has 0 spiro atoms. The molecule has 3 nitrogen and oxygen atoms in total. The van der Waals surface area contributed by atoms with Crippen LogP contribution in [0.3, 0.4) is 0 Å². The summed E-state index contributed by atoms with van der Waals surface area (Å²) in [5, 5.41) is 8.59. The molecular weight excluding hydrogens is 236 g/mol. The zero-order chi connectivity index (χ0) is 12.5. The van der Waals surface area contributed by atoms with Crippen molar-refractivity contribution in [1.29, 1.82) is 0 Å². The summed E-state index contributed by atoms with van der Waals surface area (Å²) in [4.78, 5) is 2.09. The van der Waals surface area contributed by atoms with E-state index in [0.29, 0.717) is 19.8 Å². The number of aliphatic hydroxyl groups excluding tert-OH is 1. The van der Waals surface area contributed by atoms with Crippen molar-refractivity contribution in [1.82, 2.24) is 0 Å². The van der Waals surface area contributed by atoms with Crippen LogP contribution in [0.15, 0.2) is 12.1 Å². The van der Waals surface area contributed by atoms with E-state index in [1.807, 2.05) is 26.0 Å². The molecule has 1 rings (SSSR count). The average molecular weight is 254 g/mol. The first-order valence-electron chi connectivity index (χ1n) is 5.64. The van der Waals surface area contributed by atoms with Crippen LogP contribution in [0.2, 0.25) is 0 Å². The van der Waals surface area contributed by atoms with Gasteiger partial charge in [0, 0.05) is 11.5 Å². The topological polar surface area (TPSA) is 38.7 Å². The van der Waals surface area contributed by atoms with Crippen LogP contribution in [-0.2, 0) is 16.1 Å². The van der Waals surface area contributed by atoms with Crippen LogP contribution in [-0.4, -0.2) is 31.0 Å². The molecule has 94 valence electrons. The van der Waals surface area contributed by atoms with Crippen LogP contribution in [0, 0.1) is 11.8 Å². The van der Waals surface area contributed by atoms with Crippen LogP contribution in [0.5, 0.6) is 0 Å². The number of hydrogen-bond donors (Lipinski definition) is 1. The van der Waals surface area contributed by atoms with Crippen molar-refractivity contribution >= 4 is 11.3 Å². The van der Waals surface area contributed by atoms with Gasteiger partial charge in [0.15, 0.2) is 0 Å². The van der Waals surface area contributed by atoms with Gasteiger partial charge in [-0.2, -0.15) is 0 Å². The fourth-order valence-corrected chi connectivity index (χ4v) is 2.01. The van der Waals surface area contributed by atoms with Crippen molar-refractivity contribution in [2.75, 3.05) is 19.8 Å². The van der Waals surface area contributed by atoms with Crippen molar-refractivity contribution < 1.29 is 14.6 Å². The Hall–Kier alpha value is -0.860. The minimum atomic E-state index is -0.102. The smallest absolute Gasteiger partial charge is 0.104 e. The fraction of sp³-hybridized carbons (Fsp3) is 0.538. The molecule has 0 bridgehead atoms. The minimum absolute atomic E-state index is 0.101. The second kappa shape index (κ2) is 8.26. The van der Waals surface area contributed by atoms with Gasteiger partial charge in [-0.25, -0.2) is 0 Å². The van der Waals surface area contributed by atoms with E-state index in [0.717, 1.165) is 9.75 Å². The van der Waals surface area contributed by atoms with Crippen molar-refractivity contribution in [3.8, 4) is 11.8 Å². The molecule has 1 aromatic rings. The zero-order valence-corrected chi connectivity index (χ0v) is 11.0. The van der Waals surface area contributed by atoms with Gasteiger partial charge in [0.25, 0.3) is 0 Å². The van der Waals surface area contributed by atoms with Gasteiger partial charge >= 0.3 is 0 Å². The molecule has 0 fully saturated rings. The highest BCUT2D eigenvalue weighted by Gasteiger charge is 2.04. The van der Waals surface area contributed by atoms with Crippen LogP contribution in [0.4, 0.5) is 0 Å². The van der Waals surface area contributed by atoms with Crippen molar-refractivity contribution in [3.63, 3.8) is 0 Å². The molecule has 0 saturated heterocycles. The first-order valence-corrected chi connectivity index (χ1v) is 6.45. The average Bonchev–Trinajstić information content (AvgIpc) is 2.79. The summed E-state index contributed by atoms with van der Waals surface area (Å²) in [5.74, 6) is 5.50. The third kappa shape index (κ3) is 5.85. The maximum absolute atomic E-state index is 8.59. The van der Waals surface area contributed by atoms with E-state index in [1.54, 1.807) is 11.3 Å². The van der Waals surface area contributed by atoms with Gasteiger partial charge in [0.2, 0.25) is 0 Å². The molecule has 0 aliphatic rings. The Labute approximate surface area is 106 Å². The number of thiophene rings is 1.